The fraction of sp³-hybridized carbons (Fsp3) is 0.381. The summed E-state index contributed by atoms with van der Waals surface area (Å²) >= 11 is 0. The lowest BCUT2D eigenvalue weighted by Gasteiger charge is -2.50. The second kappa shape index (κ2) is 5.94. The number of fused-ring (bicyclic) bond motifs is 4. The molecule has 0 radical (unpaired) electrons. The molecule has 2 aromatic carbocycles. The van der Waals surface area contributed by atoms with Crippen molar-refractivity contribution in [3.63, 3.8) is 0 Å². The number of benzene rings is 2. The minimum Gasteiger partial charge on any atom is -0.490 e. The molecule has 2 aliphatic heterocycles. The van der Waals surface area contributed by atoms with Crippen molar-refractivity contribution in [2.45, 2.75) is 45.9 Å². The number of rotatable bonds is 3. The molecular weight excluding hydrogens is 328 g/mol. The number of carbonyl (C=O) groups excluding carboxylic acids is 1. The van der Waals surface area contributed by atoms with Crippen LogP contribution in [-0.4, -0.2) is 18.4 Å². The van der Waals surface area contributed by atoms with Crippen LogP contribution in [0.2, 0.25) is 0 Å². The van der Waals surface area contributed by atoms with E-state index in [0.29, 0.717) is 13.0 Å². The highest BCUT2D eigenvalue weighted by atomic mass is 16.5. The zero-order valence-electron chi connectivity index (χ0n) is 15.6. The van der Waals surface area contributed by atoms with Crippen LogP contribution in [0.5, 0.6) is 11.5 Å². The molecule has 1 fully saturated rings. The molecule has 26 heavy (non-hydrogen) atoms. The maximum atomic E-state index is 12.9. The smallest absolute Gasteiger partial charge is 0.325 e. The third-order valence-corrected chi connectivity index (χ3v) is 5.31. The van der Waals surface area contributed by atoms with E-state index in [1.54, 1.807) is 4.90 Å². The molecule has 2 aromatic rings. The average Bonchev–Trinajstić information content (AvgIpc) is 2.58. The molecule has 0 saturated carbocycles. The van der Waals surface area contributed by atoms with E-state index in [0.717, 1.165) is 28.3 Å². The van der Waals surface area contributed by atoms with Gasteiger partial charge in [0.25, 0.3) is 0 Å². The number of hydrogen-bond donors (Lipinski definition) is 1. The molecular formula is C21H24N2O3. The van der Waals surface area contributed by atoms with Crippen molar-refractivity contribution >= 4 is 11.7 Å². The molecule has 2 amide bonds. The normalized spacial score (nSPS) is 23.8. The van der Waals surface area contributed by atoms with Gasteiger partial charge < -0.3 is 14.8 Å². The number of anilines is 1. The van der Waals surface area contributed by atoms with E-state index in [1.165, 1.54) is 5.56 Å². The Morgan fingerprint density at radius 2 is 2.08 bits per heavy atom. The first-order chi connectivity index (χ1) is 12.4. The number of carbonyl (C=O) groups is 1. The van der Waals surface area contributed by atoms with Gasteiger partial charge in [-0.2, -0.15) is 0 Å². The van der Waals surface area contributed by atoms with E-state index < -0.39 is 5.72 Å². The van der Waals surface area contributed by atoms with Crippen LogP contribution in [0.4, 0.5) is 10.5 Å². The maximum absolute atomic E-state index is 12.9. The van der Waals surface area contributed by atoms with E-state index in [9.17, 15) is 4.79 Å². The van der Waals surface area contributed by atoms with Gasteiger partial charge >= 0.3 is 6.03 Å². The molecule has 2 heterocycles. The molecule has 0 unspecified atom stereocenters. The Hall–Kier alpha value is -2.69. The minimum atomic E-state index is -0.769. The van der Waals surface area contributed by atoms with Gasteiger partial charge in [-0.25, -0.2) is 4.79 Å². The summed E-state index contributed by atoms with van der Waals surface area (Å²) in [4.78, 5) is 14.7. The molecule has 0 aromatic heterocycles. The predicted molar refractivity (Wildman–Crippen MR) is 101 cm³/mol. The van der Waals surface area contributed by atoms with Crippen molar-refractivity contribution in [3.8, 4) is 11.5 Å². The fourth-order valence-electron chi connectivity index (χ4n) is 3.88. The van der Waals surface area contributed by atoms with Crippen LogP contribution < -0.4 is 19.7 Å². The zero-order chi connectivity index (χ0) is 18.5. The van der Waals surface area contributed by atoms with Gasteiger partial charge in [-0.15, -0.1) is 0 Å². The van der Waals surface area contributed by atoms with Crippen LogP contribution in [0.25, 0.3) is 0 Å². The molecule has 0 aliphatic carbocycles. The van der Waals surface area contributed by atoms with Gasteiger partial charge in [-0.05, 0) is 57.0 Å². The highest BCUT2D eigenvalue weighted by Gasteiger charge is 2.50. The summed E-state index contributed by atoms with van der Waals surface area (Å²) in [7, 11) is 0. The summed E-state index contributed by atoms with van der Waals surface area (Å²) in [6.45, 7) is 8.60. The third-order valence-electron chi connectivity index (χ3n) is 5.31. The lowest BCUT2D eigenvalue weighted by molar-refractivity contribution is 0.0343. The second-order valence-electron chi connectivity index (χ2n) is 7.19. The molecule has 4 rings (SSSR count). The lowest BCUT2D eigenvalue weighted by atomic mass is 9.89. The first-order valence-electron chi connectivity index (χ1n) is 9.05. The van der Waals surface area contributed by atoms with Crippen LogP contribution in [0.3, 0.4) is 0 Å². The van der Waals surface area contributed by atoms with E-state index in [-0.39, 0.29) is 12.1 Å². The summed E-state index contributed by atoms with van der Waals surface area (Å²) < 4.78 is 12.2. The number of nitrogens with zero attached hydrogens (tertiary/aromatic N) is 1. The molecule has 2 bridgehead atoms. The van der Waals surface area contributed by atoms with Gasteiger partial charge in [0, 0.05) is 17.7 Å². The molecule has 5 nitrogen and oxygen atoms in total. The van der Waals surface area contributed by atoms with Crippen LogP contribution in [0.1, 0.15) is 43.0 Å². The molecule has 1 N–H and O–H groups in total. The third kappa shape index (κ3) is 2.50. The van der Waals surface area contributed by atoms with Crippen molar-refractivity contribution in [2.24, 2.45) is 0 Å². The van der Waals surface area contributed by atoms with E-state index in [2.05, 4.69) is 19.2 Å². The maximum Gasteiger partial charge on any atom is 0.325 e. The highest BCUT2D eigenvalue weighted by molar-refractivity contribution is 5.95. The lowest BCUT2D eigenvalue weighted by Crippen LogP contribution is -2.65. The fourth-order valence-corrected chi connectivity index (χ4v) is 3.88. The summed E-state index contributed by atoms with van der Waals surface area (Å²) in [5, 5.41) is 3.13. The highest BCUT2D eigenvalue weighted by Crippen LogP contribution is 2.49. The Kier molecular flexibility index (Phi) is 3.83. The number of hydrogen-bond acceptors (Lipinski definition) is 3. The topological polar surface area (TPSA) is 50.8 Å². The van der Waals surface area contributed by atoms with E-state index in [4.69, 9.17) is 9.47 Å². The van der Waals surface area contributed by atoms with Gasteiger partial charge in [0.05, 0.1) is 12.6 Å². The summed E-state index contributed by atoms with van der Waals surface area (Å²) in [5.41, 5.74) is 3.38. The molecule has 2 atom stereocenters. The van der Waals surface area contributed by atoms with Crippen molar-refractivity contribution in [2.75, 3.05) is 11.5 Å². The average molecular weight is 352 g/mol. The Labute approximate surface area is 153 Å². The summed E-state index contributed by atoms with van der Waals surface area (Å²) in [6, 6.07) is 11.7. The van der Waals surface area contributed by atoms with Crippen molar-refractivity contribution in [1.29, 1.82) is 0 Å². The SMILES string of the molecule is CCOc1cccc2c1O[C@]1(C)C[C@@H]2NC(=O)N1c1ccc(C)c(C)c1. The first-order valence-corrected chi connectivity index (χ1v) is 9.05. The van der Waals surface area contributed by atoms with Crippen LogP contribution in [-0.2, 0) is 0 Å². The second-order valence-corrected chi connectivity index (χ2v) is 7.19. The zero-order valence-corrected chi connectivity index (χ0v) is 15.6. The van der Waals surface area contributed by atoms with E-state index in [1.807, 2.05) is 50.2 Å². The van der Waals surface area contributed by atoms with Gasteiger partial charge in [-0.1, -0.05) is 18.2 Å². The minimum absolute atomic E-state index is 0.0838. The number of aryl methyl sites for hydroxylation is 2. The number of para-hydroxylation sites is 1. The van der Waals surface area contributed by atoms with E-state index >= 15 is 0 Å². The molecule has 1 saturated heterocycles. The quantitative estimate of drug-likeness (QED) is 0.886. The largest absolute Gasteiger partial charge is 0.490 e. The number of nitrogens with one attached hydrogen (secondary N) is 1. The summed E-state index contributed by atoms with van der Waals surface area (Å²) in [5.74, 6) is 1.44. The number of amides is 2. The first kappa shape index (κ1) is 16.8. The number of ether oxygens (including phenoxy) is 2. The Morgan fingerprint density at radius 1 is 1.27 bits per heavy atom. The Bertz CT molecular complexity index is 880. The van der Waals surface area contributed by atoms with Crippen LogP contribution >= 0.6 is 0 Å². The molecule has 5 heteroatoms. The van der Waals surface area contributed by atoms with Gasteiger partial charge in [0.2, 0.25) is 0 Å². The van der Waals surface area contributed by atoms with Gasteiger partial charge in [0.15, 0.2) is 17.2 Å². The number of urea groups is 1. The van der Waals surface area contributed by atoms with Gasteiger partial charge in [-0.3, -0.25) is 4.90 Å². The standard InChI is InChI=1S/C21H24N2O3/c1-5-25-18-8-6-7-16-17-12-21(4,26-19(16)18)23(20(24)22-17)15-10-9-13(2)14(3)11-15/h6-11,17H,5,12H2,1-4H3,(H,22,24)/t17-,21+/m0/s1. The van der Waals surface area contributed by atoms with Gasteiger partial charge in [0.1, 0.15) is 0 Å². The monoisotopic (exact) mass is 352 g/mol. The summed E-state index contributed by atoms with van der Waals surface area (Å²) in [6.07, 6.45) is 0.675. The van der Waals surface area contributed by atoms with Crippen molar-refractivity contribution in [1.82, 2.24) is 5.32 Å². The van der Waals surface area contributed by atoms with Crippen molar-refractivity contribution < 1.29 is 14.3 Å². The molecule has 136 valence electrons. The van der Waals surface area contributed by atoms with Crippen LogP contribution in [0, 0.1) is 13.8 Å². The Balaban J connectivity index is 1.80. The molecule has 2 aliphatic rings. The Morgan fingerprint density at radius 3 is 2.81 bits per heavy atom. The predicted octanol–water partition coefficient (Wildman–Crippen LogP) is 4.47. The molecule has 0 spiro atoms. The van der Waals surface area contributed by atoms with Crippen LogP contribution in [0.15, 0.2) is 36.4 Å². The van der Waals surface area contributed by atoms with Crippen molar-refractivity contribution in [3.05, 3.63) is 53.1 Å².